The average molecular weight is 442 g/mol. The molecule has 1 heterocycles. The minimum atomic E-state index is -1.08. The van der Waals surface area contributed by atoms with Crippen molar-refractivity contribution in [2.24, 2.45) is 5.73 Å². The number of benzene rings is 2. The number of nitrogen functional groups attached to an aromatic ring is 1. The maximum absolute atomic E-state index is 12.3. The fourth-order valence-electron chi connectivity index (χ4n) is 2.98. The molecule has 1 amide bonds. The van der Waals surface area contributed by atoms with Crippen molar-refractivity contribution in [1.29, 1.82) is 0 Å². The second kappa shape index (κ2) is 10.1. The number of H-pyrrole nitrogens is 1. The van der Waals surface area contributed by atoms with Crippen LogP contribution in [0.3, 0.4) is 0 Å². The number of anilines is 1. The van der Waals surface area contributed by atoms with Gasteiger partial charge in [-0.3, -0.25) is 14.6 Å². The Bertz CT molecular complexity index is 1150. The molecule has 1 aromatic heterocycles. The van der Waals surface area contributed by atoms with Gasteiger partial charge in [-0.1, -0.05) is 6.07 Å². The number of aromatic nitrogens is 2. The fraction of sp³-hybridized carbons (Fsp3) is 0.238. The monoisotopic (exact) mass is 441 g/mol. The first-order valence-electron chi connectivity index (χ1n) is 9.62. The van der Waals surface area contributed by atoms with E-state index < -0.39 is 17.9 Å². The molecule has 10 heteroatoms. The van der Waals surface area contributed by atoms with Crippen molar-refractivity contribution < 1.29 is 14.7 Å². The van der Waals surface area contributed by atoms with Crippen LogP contribution in [0.2, 0.25) is 0 Å². The SMILES string of the molecule is NCCCC(NC(=O)c1ccc(SCc2ccc3nc(N)[nH]c(=O)c3c2)cc1)C(=O)O. The molecule has 0 radical (unpaired) electrons. The van der Waals surface area contributed by atoms with Crippen molar-refractivity contribution in [2.45, 2.75) is 29.5 Å². The predicted octanol–water partition coefficient (Wildman–Crippen LogP) is 1.72. The van der Waals surface area contributed by atoms with Crippen LogP contribution in [0.25, 0.3) is 10.9 Å². The number of nitrogens with zero attached hydrogens (tertiary/aromatic N) is 1. The van der Waals surface area contributed by atoms with Crippen LogP contribution in [0.4, 0.5) is 5.95 Å². The number of rotatable bonds is 9. The predicted molar refractivity (Wildman–Crippen MR) is 120 cm³/mol. The first-order chi connectivity index (χ1) is 14.9. The minimum Gasteiger partial charge on any atom is -0.480 e. The van der Waals surface area contributed by atoms with Crippen molar-refractivity contribution >= 4 is 40.5 Å². The summed E-state index contributed by atoms with van der Waals surface area (Å²) in [4.78, 5) is 43.2. The number of aliphatic carboxylic acids is 1. The molecular formula is C21H23N5O4S. The number of nitrogens with two attached hydrogens (primary N) is 2. The summed E-state index contributed by atoms with van der Waals surface area (Å²) in [5.74, 6) is -0.828. The van der Waals surface area contributed by atoms with Crippen LogP contribution in [0.15, 0.2) is 52.2 Å². The maximum atomic E-state index is 12.3. The van der Waals surface area contributed by atoms with Gasteiger partial charge in [-0.2, -0.15) is 0 Å². The van der Waals surface area contributed by atoms with E-state index in [1.807, 2.05) is 6.07 Å². The average Bonchev–Trinajstić information content (AvgIpc) is 2.75. The van der Waals surface area contributed by atoms with E-state index in [0.717, 1.165) is 10.5 Å². The summed E-state index contributed by atoms with van der Waals surface area (Å²) in [7, 11) is 0. The molecule has 1 atom stereocenters. The Labute approximate surface area is 182 Å². The van der Waals surface area contributed by atoms with Gasteiger partial charge in [-0.15, -0.1) is 11.8 Å². The molecule has 0 aliphatic carbocycles. The summed E-state index contributed by atoms with van der Waals surface area (Å²) in [6.45, 7) is 0.363. The number of hydrogen-bond donors (Lipinski definition) is 5. The maximum Gasteiger partial charge on any atom is 0.326 e. The Morgan fingerprint density at radius 3 is 2.61 bits per heavy atom. The van der Waals surface area contributed by atoms with Gasteiger partial charge in [0.15, 0.2) is 0 Å². The minimum absolute atomic E-state index is 0.0813. The number of hydrogen-bond acceptors (Lipinski definition) is 7. The van der Waals surface area contributed by atoms with Crippen molar-refractivity contribution in [3.63, 3.8) is 0 Å². The molecule has 0 spiro atoms. The Morgan fingerprint density at radius 2 is 1.94 bits per heavy atom. The fourth-order valence-corrected chi connectivity index (χ4v) is 3.83. The van der Waals surface area contributed by atoms with E-state index >= 15 is 0 Å². The van der Waals surface area contributed by atoms with Crippen molar-refractivity contribution in [3.8, 4) is 0 Å². The molecule has 9 nitrogen and oxygen atoms in total. The molecule has 3 rings (SSSR count). The molecule has 0 aliphatic rings. The normalized spacial score (nSPS) is 11.9. The van der Waals surface area contributed by atoms with Crippen LogP contribution < -0.4 is 22.3 Å². The van der Waals surface area contributed by atoms with Gasteiger partial charge in [0.25, 0.3) is 11.5 Å². The lowest BCUT2D eigenvalue weighted by Gasteiger charge is -2.14. The molecule has 7 N–H and O–H groups in total. The number of carbonyl (C=O) groups is 2. The highest BCUT2D eigenvalue weighted by Crippen LogP contribution is 2.24. The van der Waals surface area contributed by atoms with Crippen LogP contribution in [0, 0.1) is 0 Å². The summed E-state index contributed by atoms with van der Waals surface area (Å²) in [5.41, 5.74) is 12.6. The second-order valence-electron chi connectivity index (χ2n) is 6.91. The molecule has 0 bridgehead atoms. The summed E-state index contributed by atoms with van der Waals surface area (Å²) in [6, 6.07) is 11.4. The van der Waals surface area contributed by atoms with E-state index in [2.05, 4.69) is 15.3 Å². The first kappa shape index (κ1) is 22.3. The molecule has 3 aromatic rings. The third-order valence-electron chi connectivity index (χ3n) is 4.61. The highest BCUT2D eigenvalue weighted by atomic mass is 32.2. The van der Waals surface area contributed by atoms with Crippen LogP contribution in [0.1, 0.15) is 28.8 Å². The highest BCUT2D eigenvalue weighted by molar-refractivity contribution is 7.98. The number of carboxylic acids is 1. The van der Waals surface area contributed by atoms with E-state index in [0.29, 0.717) is 35.2 Å². The van der Waals surface area contributed by atoms with Crippen molar-refractivity contribution in [2.75, 3.05) is 12.3 Å². The van der Waals surface area contributed by atoms with E-state index in [1.165, 1.54) is 0 Å². The number of amides is 1. The van der Waals surface area contributed by atoms with Gasteiger partial charge >= 0.3 is 5.97 Å². The summed E-state index contributed by atoms with van der Waals surface area (Å²) < 4.78 is 0. The van der Waals surface area contributed by atoms with Gasteiger partial charge in [0, 0.05) is 16.2 Å². The van der Waals surface area contributed by atoms with Crippen molar-refractivity contribution in [1.82, 2.24) is 15.3 Å². The number of nitrogens with one attached hydrogen (secondary N) is 2. The lowest BCUT2D eigenvalue weighted by atomic mass is 10.1. The molecule has 31 heavy (non-hydrogen) atoms. The second-order valence-corrected chi connectivity index (χ2v) is 7.96. The largest absolute Gasteiger partial charge is 0.480 e. The number of fused-ring (bicyclic) bond motifs is 1. The van der Waals surface area contributed by atoms with E-state index in [-0.39, 0.29) is 17.9 Å². The zero-order valence-electron chi connectivity index (χ0n) is 16.6. The smallest absolute Gasteiger partial charge is 0.326 e. The number of thioether (sulfide) groups is 1. The van der Waals surface area contributed by atoms with Crippen LogP contribution in [0.5, 0.6) is 0 Å². The van der Waals surface area contributed by atoms with Crippen LogP contribution in [-0.4, -0.2) is 39.5 Å². The summed E-state index contributed by atoms with van der Waals surface area (Å²) in [5, 5.41) is 12.2. The van der Waals surface area contributed by atoms with Gasteiger partial charge in [0.1, 0.15) is 6.04 Å². The molecule has 0 aliphatic heterocycles. The van der Waals surface area contributed by atoms with E-state index in [4.69, 9.17) is 11.5 Å². The molecule has 2 aromatic carbocycles. The van der Waals surface area contributed by atoms with E-state index in [9.17, 15) is 19.5 Å². The summed E-state index contributed by atoms with van der Waals surface area (Å²) >= 11 is 1.54. The lowest BCUT2D eigenvalue weighted by Crippen LogP contribution is -2.41. The van der Waals surface area contributed by atoms with Gasteiger partial charge < -0.3 is 21.9 Å². The van der Waals surface area contributed by atoms with Crippen LogP contribution >= 0.6 is 11.8 Å². The molecular weight excluding hydrogens is 418 g/mol. The molecule has 0 fully saturated rings. The van der Waals surface area contributed by atoms with Gasteiger partial charge in [-0.05, 0) is 61.3 Å². The van der Waals surface area contributed by atoms with Gasteiger partial charge in [-0.25, -0.2) is 9.78 Å². The number of aromatic amines is 1. The third-order valence-corrected chi connectivity index (χ3v) is 5.69. The lowest BCUT2D eigenvalue weighted by molar-refractivity contribution is -0.139. The third kappa shape index (κ3) is 5.83. The zero-order chi connectivity index (χ0) is 22.4. The van der Waals surface area contributed by atoms with Gasteiger partial charge in [0.05, 0.1) is 10.9 Å². The molecule has 0 saturated carbocycles. The first-order valence-corrected chi connectivity index (χ1v) is 10.6. The quantitative estimate of drug-likeness (QED) is 0.313. The Balaban J connectivity index is 1.63. The number of carboxylic acid groups (broad SMARTS) is 1. The Morgan fingerprint density at radius 1 is 1.19 bits per heavy atom. The molecule has 162 valence electrons. The van der Waals surface area contributed by atoms with Gasteiger partial charge in [0.2, 0.25) is 5.95 Å². The Hall–Kier alpha value is -3.37. The highest BCUT2D eigenvalue weighted by Gasteiger charge is 2.20. The molecule has 1 unspecified atom stereocenters. The van der Waals surface area contributed by atoms with Crippen LogP contribution in [-0.2, 0) is 10.5 Å². The van der Waals surface area contributed by atoms with E-state index in [1.54, 1.807) is 48.2 Å². The zero-order valence-corrected chi connectivity index (χ0v) is 17.4. The molecule has 0 saturated heterocycles. The summed E-state index contributed by atoms with van der Waals surface area (Å²) in [6.07, 6.45) is 0.791. The van der Waals surface area contributed by atoms with Crippen molar-refractivity contribution in [3.05, 3.63) is 63.9 Å². The topological polar surface area (TPSA) is 164 Å². The number of carbonyl (C=O) groups excluding carboxylic acids is 1. The Kier molecular flexibility index (Phi) is 7.27. The standard InChI is InChI=1S/C21H23N5O4S/c22-9-1-2-17(20(29)30)24-18(27)13-4-6-14(7-5-13)31-11-12-3-8-16-15(10-12)19(28)26-21(23)25-16/h3-8,10,17H,1-2,9,11,22H2,(H,24,27)(H,29,30)(H3,23,25,26,28).